The second kappa shape index (κ2) is 11.4. The summed E-state index contributed by atoms with van der Waals surface area (Å²) in [4.78, 5) is 16.7. The maximum atomic E-state index is 12.7. The number of halogens is 3. The van der Waals surface area contributed by atoms with Crippen LogP contribution in [0.15, 0.2) is 46.2 Å². The van der Waals surface area contributed by atoms with Crippen molar-refractivity contribution in [2.24, 2.45) is 0 Å². The van der Waals surface area contributed by atoms with Gasteiger partial charge in [0.05, 0.1) is 10.0 Å². The van der Waals surface area contributed by atoms with E-state index in [0.717, 1.165) is 44.5 Å². The van der Waals surface area contributed by atoms with Crippen molar-refractivity contribution in [3.63, 3.8) is 0 Å². The third-order valence-corrected chi connectivity index (χ3v) is 9.25. The van der Waals surface area contributed by atoms with Gasteiger partial charge in [0.2, 0.25) is 0 Å². The molecule has 2 aliphatic heterocycles. The van der Waals surface area contributed by atoms with E-state index in [0.29, 0.717) is 29.2 Å². The van der Waals surface area contributed by atoms with E-state index in [1.165, 1.54) is 23.1 Å². The molecule has 7 nitrogen and oxygen atoms in total. The first kappa shape index (κ1) is 26.7. The van der Waals surface area contributed by atoms with Crippen LogP contribution in [-0.4, -0.2) is 62.6 Å². The maximum Gasteiger partial charge on any atom is 0.331 e. The fraction of sp³-hybridized carbons (Fsp3) is 0.435. The van der Waals surface area contributed by atoms with Gasteiger partial charge in [-0.3, -0.25) is 4.90 Å². The number of amides is 2. The SMILES string of the molecule is O=C(NS(=O)(=O)c1cc(Cl)ccc1S)N1CCC(N2CCC(Oc3ccc(Cl)c(Cl)c3)CC2)CC1. The Labute approximate surface area is 226 Å². The molecule has 0 aliphatic carbocycles. The summed E-state index contributed by atoms with van der Waals surface area (Å²) in [6, 6.07) is 9.30. The van der Waals surface area contributed by atoms with Crippen molar-refractivity contribution in [2.45, 2.75) is 47.6 Å². The zero-order valence-corrected chi connectivity index (χ0v) is 22.8. The Morgan fingerprint density at radius 1 is 0.943 bits per heavy atom. The van der Waals surface area contributed by atoms with Gasteiger partial charge in [0, 0.05) is 48.2 Å². The van der Waals surface area contributed by atoms with Gasteiger partial charge < -0.3 is 9.64 Å². The van der Waals surface area contributed by atoms with Gasteiger partial charge in [0.25, 0.3) is 10.0 Å². The molecule has 12 heteroatoms. The van der Waals surface area contributed by atoms with Crippen molar-refractivity contribution in [1.29, 1.82) is 0 Å². The Balaban J connectivity index is 1.25. The summed E-state index contributed by atoms with van der Waals surface area (Å²) in [5, 5.41) is 1.23. The van der Waals surface area contributed by atoms with E-state index in [2.05, 4.69) is 22.3 Å². The van der Waals surface area contributed by atoms with E-state index in [9.17, 15) is 13.2 Å². The maximum absolute atomic E-state index is 12.7. The molecule has 2 aliphatic rings. The van der Waals surface area contributed by atoms with E-state index in [1.807, 2.05) is 6.07 Å². The molecule has 0 atom stereocenters. The summed E-state index contributed by atoms with van der Waals surface area (Å²) in [7, 11) is -4.08. The lowest BCUT2D eigenvalue weighted by Crippen LogP contribution is -2.52. The number of ether oxygens (including phenoxy) is 1. The molecule has 0 radical (unpaired) electrons. The predicted molar refractivity (Wildman–Crippen MR) is 141 cm³/mol. The minimum Gasteiger partial charge on any atom is -0.490 e. The fourth-order valence-corrected chi connectivity index (χ4v) is 6.59. The number of thiol groups is 1. The fourth-order valence-electron chi connectivity index (χ4n) is 4.47. The van der Waals surface area contributed by atoms with Crippen molar-refractivity contribution < 1.29 is 17.9 Å². The zero-order valence-electron chi connectivity index (χ0n) is 18.8. The van der Waals surface area contributed by atoms with Crippen molar-refractivity contribution in [3.05, 3.63) is 51.5 Å². The number of rotatable bonds is 5. The van der Waals surface area contributed by atoms with Crippen LogP contribution in [0.4, 0.5) is 4.79 Å². The summed E-state index contributed by atoms with van der Waals surface area (Å²) < 4.78 is 33.6. The molecular formula is C23H26Cl3N3O4S2. The average molecular weight is 579 g/mol. The number of nitrogens with one attached hydrogen (secondary N) is 1. The van der Waals surface area contributed by atoms with E-state index in [-0.39, 0.29) is 20.9 Å². The van der Waals surface area contributed by atoms with Crippen molar-refractivity contribution in [1.82, 2.24) is 14.5 Å². The topological polar surface area (TPSA) is 79.0 Å². The number of sulfonamides is 1. The predicted octanol–water partition coefficient (Wildman–Crippen LogP) is 5.34. The van der Waals surface area contributed by atoms with E-state index < -0.39 is 16.1 Å². The second-order valence-corrected chi connectivity index (χ2v) is 12.1. The van der Waals surface area contributed by atoms with Gasteiger partial charge >= 0.3 is 6.03 Å². The van der Waals surface area contributed by atoms with Crippen LogP contribution in [0.3, 0.4) is 0 Å². The third-order valence-electron chi connectivity index (χ3n) is 6.37. The molecule has 2 aromatic rings. The highest BCUT2D eigenvalue weighted by Gasteiger charge is 2.32. The normalized spacial score (nSPS) is 18.5. The lowest BCUT2D eigenvalue weighted by atomic mass is 9.99. The number of carbonyl (C=O) groups excluding carboxylic acids is 1. The number of benzene rings is 2. The molecule has 0 spiro atoms. The van der Waals surface area contributed by atoms with Crippen LogP contribution < -0.4 is 9.46 Å². The summed E-state index contributed by atoms with van der Waals surface area (Å²) in [6.45, 7) is 2.76. The van der Waals surface area contributed by atoms with Gasteiger partial charge in [-0.15, -0.1) is 12.6 Å². The molecule has 190 valence electrons. The minimum atomic E-state index is -4.08. The molecule has 4 rings (SSSR count). The molecule has 2 fully saturated rings. The van der Waals surface area contributed by atoms with Crippen molar-refractivity contribution in [2.75, 3.05) is 26.2 Å². The summed E-state index contributed by atoms with van der Waals surface area (Å²) in [5.74, 6) is 0.718. The van der Waals surface area contributed by atoms with Gasteiger partial charge in [0.1, 0.15) is 16.7 Å². The molecule has 2 saturated heterocycles. The first-order valence-electron chi connectivity index (χ1n) is 11.3. The first-order chi connectivity index (χ1) is 16.6. The summed E-state index contributed by atoms with van der Waals surface area (Å²) in [6.07, 6.45) is 3.46. The molecule has 0 bridgehead atoms. The largest absolute Gasteiger partial charge is 0.490 e. The van der Waals surface area contributed by atoms with E-state index >= 15 is 0 Å². The number of urea groups is 1. The molecule has 2 amide bonds. The molecule has 0 unspecified atom stereocenters. The Hall–Kier alpha value is -1.36. The standard InChI is InChI=1S/C23H26Cl3N3O4S2/c24-15-1-4-21(34)22(13-15)35(31,32)27-23(30)29-9-5-16(6-10-29)28-11-7-17(8-12-28)33-18-2-3-19(25)20(26)14-18/h1-4,13-14,16-17,34H,5-12H2,(H,27,30). The molecule has 2 heterocycles. The molecule has 1 N–H and O–H groups in total. The van der Waals surface area contributed by atoms with Crippen LogP contribution >= 0.6 is 47.4 Å². The smallest absolute Gasteiger partial charge is 0.331 e. The molecule has 0 saturated carbocycles. The molecule has 0 aromatic heterocycles. The number of hydrogen-bond acceptors (Lipinski definition) is 6. The van der Waals surface area contributed by atoms with Crippen LogP contribution in [-0.2, 0) is 10.0 Å². The number of piperidine rings is 2. The van der Waals surface area contributed by atoms with Gasteiger partial charge in [-0.1, -0.05) is 34.8 Å². The number of carbonyl (C=O) groups is 1. The number of likely N-dealkylation sites (tertiary alicyclic amines) is 2. The Bertz CT molecular complexity index is 1180. The van der Waals surface area contributed by atoms with Crippen LogP contribution in [0.1, 0.15) is 25.7 Å². The number of hydrogen-bond donors (Lipinski definition) is 2. The lowest BCUT2D eigenvalue weighted by molar-refractivity contribution is 0.0540. The van der Waals surface area contributed by atoms with Crippen molar-refractivity contribution >= 4 is 63.5 Å². The van der Waals surface area contributed by atoms with E-state index in [4.69, 9.17) is 39.5 Å². The molecular weight excluding hydrogens is 553 g/mol. The average Bonchev–Trinajstić information content (AvgIpc) is 2.83. The number of nitrogens with zero attached hydrogens (tertiary/aromatic N) is 2. The van der Waals surface area contributed by atoms with Crippen LogP contribution in [0, 0.1) is 0 Å². The van der Waals surface area contributed by atoms with Crippen LogP contribution in [0.5, 0.6) is 5.75 Å². The van der Waals surface area contributed by atoms with Crippen LogP contribution in [0.2, 0.25) is 15.1 Å². The third kappa shape index (κ3) is 6.70. The Morgan fingerprint density at radius 3 is 2.29 bits per heavy atom. The highest BCUT2D eigenvalue weighted by molar-refractivity contribution is 7.91. The van der Waals surface area contributed by atoms with Gasteiger partial charge in [-0.2, -0.15) is 0 Å². The van der Waals surface area contributed by atoms with Crippen molar-refractivity contribution in [3.8, 4) is 5.75 Å². The monoisotopic (exact) mass is 577 g/mol. The molecule has 2 aromatic carbocycles. The second-order valence-electron chi connectivity index (χ2n) is 8.67. The Morgan fingerprint density at radius 2 is 1.63 bits per heavy atom. The lowest BCUT2D eigenvalue weighted by Gasteiger charge is -2.41. The molecule has 35 heavy (non-hydrogen) atoms. The quantitative estimate of drug-likeness (QED) is 0.468. The summed E-state index contributed by atoms with van der Waals surface area (Å²) in [5.41, 5.74) is 0. The highest BCUT2D eigenvalue weighted by Crippen LogP contribution is 2.29. The van der Waals surface area contributed by atoms with Gasteiger partial charge in [-0.05, 0) is 56.0 Å². The Kier molecular flexibility index (Phi) is 8.66. The minimum absolute atomic E-state index is 0.114. The van der Waals surface area contributed by atoms with Gasteiger partial charge in [-0.25, -0.2) is 17.9 Å². The van der Waals surface area contributed by atoms with E-state index in [1.54, 1.807) is 12.1 Å². The first-order valence-corrected chi connectivity index (χ1v) is 14.3. The van der Waals surface area contributed by atoms with Crippen LogP contribution in [0.25, 0.3) is 0 Å². The zero-order chi connectivity index (χ0) is 25.2. The summed E-state index contributed by atoms with van der Waals surface area (Å²) >= 11 is 22.1. The van der Waals surface area contributed by atoms with Gasteiger partial charge in [0.15, 0.2) is 0 Å². The highest BCUT2D eigenvalue weighted by atomic mass is 35.5.